The Bertz CT molecular complexity index is 1200. The Morgan fingerprint density at radius 2 is 1.52 bits per heavy atom. The van der Waals surface area contributed by atoms with E-state index < -0.39 is 66.2 Å². The molecule has 14 nitrogen and oxygen atoms in total. The molecule has 0 fully saturated rings. The maximum Gasteiger partial charge on any atom is 0.243 e. The largest absolute Gasteiger partial charge is 0.370 e. The molecule has 2 rings (SSSR count). The molecule has 5 atom stereocenters. The van der Waals surface area contributed by atoms with E-state index in [1.807, 2.05) is 13.8 Å². The molecule has 9 N–H and O–H groups in total. The number of primary amides is 1. The Morgan fingerprint density at radius 1 is 0.881 bits per heavy atom. The van der Waals surface area contributed by atoms with Gasteiger partial charge in [0.1, 0.15) is 24.2 Å². The van der Waals surface area contributed by atoms with Gasteiger partial charge < -0.3 is 37.7 Å². The summed E-state index contributed by atoms with van der Waals surface area (Å²) in [5, 5.41) is 10.2. The van der Waals surface area contributed by atoms with E-state index in [2.05, 4.69) is 31.2 Å². The second-order valence-corrected chi connectivity index (χ2v) is 10.4. The molecule has 0 aliphatic heterocycles. The first kappa shape index (κ1) is 33.6. The molecule has 0 saturated carbocycles. The van der Waals surface area contributed by atoms with Crippen LogP contribution in [0.4, 0.5) is 0 Å². The first-order valence-corrected chi connectivity index (χ1v) is 13.5. The van der Waals surface area contributed by atoms with E-state index >= 15 is 0 Å². The molecule has 227 valence electrons. The number of rotatable bonds is 17. The molecule has 0 spiro atoms. The van der Waals surface area contributed by atoms with E-state index in [9.17, 15) is 28.8 Å². The van der Waals surface area contributed by atoms with Gasteiger partial charge in [0.15, 0.2) is 0 Å². The monoisotopic (exact) mass is 583 g/mol. The van der Waals surface area contributed by atoms with Crippen molar-refractivity contribution in [3.05, 3.63) is 54.1 Å². The fraction of sp³-hybridized carbons (Fsp3) is 0.464. The lowest BCUT2D eigenvalue weighted by molar-refractivity contribution is -0.134. The van der Waals surface area contributed by atoms with Crippen molar-refractivity contribution in [1.29, 1.82) is 0 Å². The summed E-state index contributed by atoms with van der Waals surface area (Å²) in [6.07, 6.45) is 4.67. The number of aromatic nitrogens is 2. The Labute approximate surface area is 244 Å². The maximum absolute atomic E-state index is 13.4. The summed E-state index contributed by atoms with van der Waals surface area (Å²) >= 11 is 0. The maximum atomic E-state index is 13.4. The Morgan fingerprint density at radius 3 is 2.10 bits per heavy atom. The zero-order chi connectivity index (χ0) is 31.2. The van der Waals surface area contributed by atoms with Crippen molar-refractivity contribution in [3.8, 4) is 0 Å². The van der Waals surface area contributed by atoms with Crippen molar-refractivity contribution in [1.82, 2.24) is 31.2 Å². The Kier molecular flexibility index (Phi) is 13.3. The lowest BCUT2D eigenvalue weighted by Crippen LogP contribution is -2.58. The Hall–Kier alpha value is -4.59. The Balaban J connectivity index is 2.16. The number of aromatic amines is 1. The van der Waals surface area contributed by atoms with Gasteiger partial charge in [0, 0.05) is 19.0 Å². The van der Waals surface area contributed by atoms with Crippen LogP contribution >= 0.6 is 0 Å². The second-order valence-electron chi connectivity index (χ2n) is 10.4. The summed E-state index contributed by atoms with van der Waals surface area (Å²) in [5.74, 6) is -3.38. The van der Waals surface area contributed by atoms with E-state index in [0.717, 1.165) is 5.56 Å². The second kappa shape index (κ2) is 16.6. The fourth-order valence-electron chi connectivity index (χ4n) is 4.03. The van der Waals surface area contributed by atoms with E-state index in [1.165, 1.54) is 19.5 Å². The molecule has 42 heavy (non-hydrogen) atoms. The van der Waals surface area contributed by atoms with Crippen LogP contribution in [0.25, 0.3) is 0 Å². The number of hydrogen-bond donors (Lipinski definition) is 7. The highest BCUT2D eigenvalue weighted by atomic mass is 16.2. The lowest BCUT2D eigenvalue weighted by atomic mass is 10.0. The van der Waals surface area contributed by atoms with Crippen molar-refractivity contribution in [2.75, 3.05) is 0 Å². The van der Waals surface area contributed by atoms with E-state index in [1.54, 1.807) is 36.5 Å². The number of nitrogens with zero attached hydrogens (tertiary/aromatic N) is 1. The summed E-state index contributed by atoms with van der Waals surface area (Å²) in [6.45, 7) is 5.14. The minimum atomic E-state index is -1.27. The molecule has 1 radical (unpaired) electrons. The average molecular weight is 584 g/mol. The smallest absolute Gasteiger partial charge is 0.243 e. The molecule has 1 heterocycles. The number of H-pyrrole nitrogens is 1. The third kappa shape index (κ3) is 11.5. The minimum Gasteiger partial charge on any atom is -0.370 e. The molecule has 0 bridgehead atoms. The summed E-state index contributed by atoms with van der Waals surface area (Å²) in [4.78, 5) is 81.2. The van der Waals surface area contributed by atoms with Crippen LogP contribution in [0.15, 0.2) is 42.9 Å². The van der Waals surface area contributed by atoms with Crippen LogP contribution in [-0.2, 0) is 41.6 Å². The quantitative estimate of drug-likeness (QED) is 0.116. The molecule has 0 unspecified atom stereocenters. The van der Waals surface area contributed by atoms with Crippen LogP contribution in [0, 0.1) is 5.92 Å². The fourth-order valence-corrected chi connectivity index (χ4v) is 4.03. The van der Waals surface area contributed by atoms with Crippen LogP contribution in [-0.4, -0.2) is 76.0 Å². The highest BCUT2D eigenvalue weighted by Gasteiger charge is 2.30. The molecular formula is C28H39N8O6. The van der Waals surface area contributed by atoms with Crippen molar-refractivity contribution < 1.29 is 28.8 Å². The van der Waals surface area contributed by atoms with Gasteiger partial charge in [0.25, 0.3) is 0 Å². The van der Waals surface area contributed by atoms with Gasteiger partial charge in [-0.15, -0.1) is 0 Å². The molecular weight excluding hydrogens is 544 g/mol. The van der Waals surface area contributed by atoms with Gasteiger partial charge in [-0.25, -0.2) is 4.98 Å². The first-order valence-electron chi connectivity index (χ1n) is 13.5. The summed E-state index contributed by atoms with van der Waals surface area (Å²) < 4.78 is 0. The lowest BCUT2D eigenvalue weighted by Gasteiger charge is -2.26. The van der Waals surface area contributed by atoms with Crippen molar-refractivity contribution in [2.45, 2.75) is 76.7 Å². The van der Waals surface area contributed by atoms with Crippen LogP contribution in [0.5, 0.6) is 0 Å². The van der Waals surface area contributed by atoms with Crippen LogP contribution in [0.3, 0.4) is 0 Å². The third-order valence-electron chi connectivity index (χ3n) is 6.19. The van der Waals surface area contributed by atoms with Gasteiger partial charge in [-0.3, -0.25) is 28.8 Å². The van der Waals surface area contributed by atoms with Gasteiger partial charge in [0.05, 0.1) is 24.5 Å². The van der Waals surface area contributed by atoms with E-state index in [4.69, 9.17) is 11.5 Å². The molecule has 2 aromatic rings. The van der Waals surface area contributed by atoms with Crippen LogP contribution in [0.2, 0.25) is 0 Å². The van der Waals surface area contributed by atoms with Gasteiger partial charge in [-0.2, -0.15) is 0 Å². The predicted octanol–water partition coefficient (Wildman–Crippen LogP) is -1.49. The van der Waals surface area contributed by atoms with Crippen LogP contribution < -0.4 is 32.7 Å². The normalized spacial score (nSPS) is 14.5. The molecule has 0 aliphatic carbocycles. The van der Waals surface area contributed by atoms with Crippen molar-refractivity contribution in [2.24, 2.45) is 17.4 Å². The number of hydrogen-bond acceptors (Lipinski definition) is 8. The van der Waals surface area contributed by atoms with E-state index in [0.29, 0.717) is 5.69 Å². The van der Waals surface area contributed by atoms with Gasteiger partial charge in [0.2, 0.25) is 35.8 Å². The number of benzene rings is 1. The van der Waals surface area contributed by atoms with Gasteiger partial charge in [-0.05, 0) is 24.8 Å². The van der Waals surface area contributed by atoms with Gasteiger partial charge >= 0.3 is 0 Å². The highest BCUT2D eigenvalue weighted by Crippen LogP contribution is 2.09. The zero-order valence-electron chi connectivity index (χ0n) is 23.9. The third-order valence-corrected chi connectivity index (χ3v) is 6.19. The van der Waals surface area contributed by atoms with Crippen molar-refractivity contribution in [3.63, 3.8) is 0 Å². The number of carbonyl (C=O) groups is 5. The SMILES string of the molecule is CC(C)C[C@H](NC(=O)[C@@H](N)Cc1c[nH]cn1)C(=O)N[C@@H](Cc1ccccc1)C(=O)N[C@@H](C)C(=O)N[C@H]([C]=O)CC(N)=O. The first-order chi connectivity index (χ1) is 19.9. The number of nitrogens with two attached hydrogens (primary N) is 2. The number of nitrogens with one attached hydrogen (secondary N) is 5. The number of amides is 5. The average Bonchev–Trinajstić information content (AvgIpc) is 3.44. The summed E-state index contributed by atoms with van der Waals surface area (Å²) in [5.41, 5.74) is 12.4. The highest BCUT2D eigenvalue weighted by molar-refractivity contribution is 5.95. The summed E-state index contributed by atoms with van der Waals surface area (Å²) in [6, 6.07) is 3.43. The van der Waals surface area contributed by atoms with Gasteiger partial charge in [-0.1, -0.05) is 44.2 Å². The topological polar surface area (TPSA) is 231 Å². The molecule has 1 aromatic heterocycles. The van der Waals surface area contributed by atoms with Crippen molar-refractivity contribution >= 4 is 35.8 Å². The number of imidazole rings is 1. The van der Waals surface area contributed by atoms with Crippen LogP contribution in [0.1, 0.15) is 44.9 Å². The number of carbonyl (C=O) groups excluding carboxylic acids is 6. The molecule has 14 heteroatoms. The predicted molar refractivity (Wildman–Crippen MR) is 153 cm³/mol. The molecule has 5 amide bonds. The standard InChI is InChI=1S/C28H39N8O6/c1-16(2)9-22(35-26(40)21(29)11-19-13-31-15-32-19)28(42)36-23(10-18-7-5-4-6-8-18)27(41)33-17(3)25(39)34-20(14-37)12-24(30)38/h4-8,13,15-17,20-23H,9-12,29H2,1-3H3,(H2,30,38)(H,31,32)(H,33,41)(H,34,39)(H,35,40)(H,36,42)/t17-,20-,21-,22-,23-/m0/s1. The summed E-state index contributed by atoms with van der Waals surface area (Å²) in [7, 11) is 0. The molecule has 1 aromatic carbocycles. The zero-order valence-corrected chi connectivity index (χ0v) is 23.9. The molecule has 0 aliphatic rings. The molecule has 0 saturated heterocycles. The van der Waals surface area contributed by atoms with E-state index in [-0.39, 0.29) is 25.2 Å². The minimum absolute atomic E-state index is 0.0108.